The molecule has 0 fully saturated rings. The monoisotopic (exact) mass is 466 g/mol. The highest BCUT2D eigenvalue weighted by molar-refractivity contribution is 7.87. The Morgan fingerprint density at radius 3 is 2.55 bits per heavy atom. The van der Waals surface area contributed by atoms with Gasteiger partial charge in [-0.3, -0.25) is 0 Å². The first-order valence-corrected chi connectivity index (χ1v) is 10.5. The summed E-state index contributed by atoms with van der Waals surface area (Å²) in [7, 11) is -4.10. The van der Waals surface area contributed by atoms with Crippen molar-refractivity contribution in [3.05, 3.63) is 60.2 Å². The molecule has 1 heterocycles. The summed E-state index contributed by atoms with van der Waals surface area (Å²) in [5, 5.41) is 4.08. The van der Waals surface area contributed by atoms with E-state index in [0.717, 1.165) is 10.9 Å². The topological polar surface area (TPSA) is 139 Å². The molecule has 3 rings (SSSR count). The van der Waals surface area contributed by atoms with E-state index in [9.17, 15) is 8.42 Å². The van der Waals surface area contributed by atoms with E-state index in [-0.39, 0.29) is 35.7 Å². The van der Waals surface area contributed by atoms with Crippen LogP contribution in [0.1, 0.15) is 12.0 Å². The molecule has 0 atom stereocenters. The molecule has 3 aromatic rings. The molecule has 0 aliphatic rings. The van der Waals surface area contributed by atoms with Crippen LogP contribution >= 0.6 is 12.4 Å². The maximum Gasteiger partial charge on any atom is 0.356 e. The number of benzene rings is 2. The first-order chi connectivity index (χ1) is 14.3. The van der Waals surface area contributed by atoms with Crippen molar-refractivity contribution in [1.82, 2.24) is 4.98 Å². The van der Waals surface area contributed by atoms with Crippen molar-refractivity contribution in [1.29, 1.82) is 0 Å². The quantitative estimate of drug-likeness (QED) is 0.161. The van der Waals surface area contributed by atoms with Gasteiger partial charge < -0.3 is 25.2 Å². The van der Waals surface area contributed by atoms with Crippen molar-refractivity contribution in [2.75, 3.05) is 13.2 Å². The van der Waals surface area contributed by atoms with Crippen LogP contribution in [0.3, 0.4) is 0 Å². The van der Waals surface area contributed by atoms with E-state index in [0.29, 0.717) is 24.3 Å². The SMILES string of the molecule is Cc1cc(OCCCON=C(N)N)cc(OS(=O)(=O)c2ccc3ccccc3n2)c1.Cl. The number of rotatable bonds is 9. The molecule has 0 bridgehead atoms. The van der Waals surface area contributed by atoms with Crippen molar-refractivity contribution in [2.24, 2.45) is 16.6 Å². The Balaban J connectivity index is 0.00000341. The summed E-state index contributed by atoms with van der Waals surface area (Å²) in [6.45, 7) is 2.40. The lowest BCUT2D eigenvalue weighted by Crippen LogP contribution is -2.23. The smallest absolute Gasteiger partial charge is 0.356 e. The number of aryl methyl sites for hydroxylation is 1. The molecule has 0 aliphatic heterocycles. The first kappa shape index (κ1) is 24.0. The van der Waals surface area contributed by atoms with Gasteiger partial charge in [-0.15, -0.1) is 12.4 Å². The molecule has 1 aromatic heterocycles. The van der Waals surface area contributed by atoms with Crippen LogP contribution in [0.5, 0.6) is 11.5 Å². The molecular formula is C20H23ClN4O5S. The maximum atomic E-state index is 12.7. The third kappa shape index (κ3) is 6.90. The second kappa shape index (κ2) is 10.7. The molecule has 11 heteroatoms. The van der Waals surface area contributed by atoms with Crippen LogP contribution in [-0.2, 0) is 15.0 Å². The Bertz CT molecular complexity index is 1170. The normalized spacial score (nSPS) is 10.7. The highest BCUT2D eigenvalue weighted by Gasteiger charge is 2.19. The molecule has 9 nitrogen and oxygen atoms in total. The van der Waals surface area contributed by atoms with Gasteiger partial charge in [-0.1, -0.05) is 18.2 Å². The van der Waals surface area contributed by atoms with Gasteiger partial charge in [0, 0.05) is 17.9 Å². The fraction of sp³-hybridized carbons (Fsp3) is 0.200. The molecule has 2 aromatic carbocycles. The lowest BCUT2D eigenvalue weighted by molar-refractivity contribution is 0.127. The minimum Gasteiger partial charge on any atom is -0.493 e. The van der Waals surface area contributed by atoms with Gasteiger partial charge in [0.15, 0.2) is 5.03 Å². The number of hydrogen-bond donors (Lipinski definition) is 2. The van der Waals surface area contributed by atoms with Crippen molar-refractivity contribution in [3.8, 4) is 11.5 Å². The molecule has 31 heavy (non-hydrogen) atoms. The number of halogens is 1. The Hall–Kier alpha value is -3.24. The van der Waals surface area contributed by atoms with E-state index < -0.39 is 10.1 Å². The summed E-state index contributed by atoms with van der Waals surface area (Å²) < 4.78 is 36.3. The third-order valence-electron chi connectivity index (χ3n) is 3.88. The predicted octanol–water partition coefficient (Wildman–Crippen LogP) is 2.71. The summed E-state index contributed by atoms with van der Waals surface area (Å²) in [5.41, 5.74) is 11.7. The largest absolute Gasteiger partial charge is 0.493 e. The molecule has 0 aliphatic carbocycles. The van der Waals surface area contributed by atoms with Gasteiger partial charge in [0.05, 0.1) is 12.1 Å². The fourth-order valence-corrected chi connectivity index (χ4v) is 3.51. The van der Waals surface area contributed by atoms with Gasteiger partial charge in [-0.25, -0.2) is 4.98 Å². The molecule has 0 spiro atoms. The number of guanidine groups is 1. The zero-order valence-electron chi connectivity index (χ0n) is 16.7. The van der Waals surface area contributed by atoms with E-state index in [4.69, 9.17) is 25.2 Å². The number of hydrogen-bond acceptors (Lipinski definition) is 7. The number of ether oxygens (including phenoxy) is 1. The number of pyridine rings is 1. The number of fused-ring (bicyclic) bond motifs is 1. The number of oxime groups is 1. The van der Waals surface area contributed by atoms with Crippen LogP contribution in [0.15, 0.2) is 64.8 Å². The maximum absolute atomic E-state index is 12.7. The van der Waals surface area contributed by atoms with E-state index in [1.165, 1.54) is 12.1 Å². The van der Waals surface area contributed by atoms with E-state index in [1.54, 1.807) is 30.3 Å². The summed E-state index contributed by atoms with van der Waals surface area (Å²) in [6.07, 6.45) is 0.528. The Kier molecular flexibility index (Phi) is 8.29. The van der Waals surface area contributed by atoms with Crippen LogP contribution in [0.4, 0.5) is 0 Å². The van der Waals surface area contributed by atoms with E-state index >= 15 is 0 Å². The molecule has 166 valence electrons. The number of nitrogens with two attached hydrogens (primary N) is 2. The molecule has 0 radical (unpaired) electrons. The number of para-hydroxylation sites is 1. The zero-order chi connectivity index (χ0) is 21.6. The standard InChI is InChI=1S/C20H22N4O5S.ClH/c1-14-11-16(27-9-4-10-28-24-20(21)22)13-17(12-14)29-30(25,26)19-8-7-15-5-2-3-6-18(15)23-19;/h2-3,5-8,11-13H,4,9-10H2,1H3,(H4,21,22,24);1H. The number of aromatic nitrogens is 1. The van der Waals surface area contributed by atoms with Gasteiger partial charge in [0.1, 0.15) is 18.1 Å². The lowest BCUT2D eigenvalue weighted by atomic mass is 10.2. The highest BCUT2D eigenvalue weighted by Crippen LogP contribution is 2.26. The average Bonchev–Trinajstić information content (AvgIpc) is 2.69. The molecular weight excluding hydrogens is 444 g/mol. The van der Waals surface area contributed by atoms with Gasteiger partial charge >= 0.3 is 10.1 Å². The Morgan fingerprint density at radius 1 is 1.03 bits per heavy atom. The lowest BCUT2D eigenvalue weighted by Gasteiger charge is -2.11. The second-order valence-electron chi connectivity index (χ2n) is 6.41. The molecule has 0 unspecified atom stereocenters. The Labute approximate surface area is 186 Å². The predicted molar refractivity (Wildman–Crippen MR) is 120 cm³/mol. The van der Waals surface area contributed by atoms with Crippen molar-refractivity contribution in [3.63, 3.8) is 0 Å². The van der Waals surface area contributed by atoms with Crippen molar-refractivity contribution >= 4 is 39.4 Å². The van der Waals surface area contributed by atoms with E-state index in [1.807, 2.05) is 19.1 Å². The van der Waals surface area contributed by atoms with Crippen LogP contribution in [0.25, 0.3) is 10.9 Å². The average molecular weight is 467 g/mol. The molecule has 0 amide bonds. The molecule has 0 saturated carbocycles. The van der Waals surface area contributed by atoms with Gasteiger partial charge in [-0.2, -0.15) is 8.42 Å². The van der Waals surface area contributed by atoms with E-state index in [2.05, 4.69) is 10.1 Å². The first-order valence-electron chi connectivity index (χ1n) is 9.09. The van der Waals surface area contributed by atoms with Crippen LogP contribution in [-0.4, -0.2) is 32.6 Å². The van der Waals surface area contributed by atoms with Crippen molar-refractivity contribution < 1.29 is 22.2 Å². The van der Waals surface area contributed by atoms with Gasteiger partial charge in [0.25, 0.3) is 0 Å². The Morgan fingerprint density at radius 2 is 1.77 bits per heavy atom. The molecule has 0 saturated heterocycles. The van der Waals surface area contributed by atoms with Crippen LogP contribution < -0.4 is 20.4 Å². The molecule has 4 N–H and O–H groups in total. The van der Waals surface area contributed by atoms with Crippen LogP contribution in [0, 0.1) is 6.92 Å². The summed E-state index contributed by atoms with van der Waals surface area (Å²) in [6, 6.07) is 15.2. The minimum absolute atomic E-state index is 0. The third-order valence-corrected chi connectivity index (χ3v) is 5.03. The number of nitrogens with zero attached hydrogens (tertiary/aromatic N) is 2. The highest BCUT2D eigenvalue weighted by atomic mass is 35.5. The van der Waals surface area contributed by atoms with Gasteiger partial charge in [-0.05, 0) is 48.0 Å². The van der Waals surface area contributed by atoms with Crippen LogP contribution in [0.2, 0.25) is 0 Å². The van der Waals surface area contributed by atoms with Crippen molar-refractivity contribution in [2.45, 2.75) is 18.4 Å². The van der Waals surface area contributed by atoms with Gasteiger partial charge in [0.2, 0.25) is 5.96 Å². The minimum atomic E-state index is -4.10. The second-order valence-corrected chi connectivity index (χ2v) is 7.91. The summed E-state index contributed by atoms with van der Waals surface area (Å²) in [5.74, 6) is 0.448. The summed E-state index contributed by atoms with van der Waals surface area (Å²) >= 11 is 0. The zero-order valence-corrected chi connectivity index (χ0v) is 18.4. The summed E-state index contributed by atoms with van der Waals surface area (Å²) in [4.78, 5) is 9.06. The fourth-order valence-electron chi connectivity index (χ4n) is 2.64.